The first-order valence-electron chi connectivity index (χ1n) is 6.64. The van der Waals surface area contributed by atoms with Crippen LogP contribution in [-0.4, -0.2) is 38.4 Å². The highest BCUT2D eigenvalue weighted by Crippen LogP contribution is 2.28. The number of rotatable bonds is 2. The van der Waals surface area contributed by atoms with Crippen LogP contribution in [0.25, 0.3) is 12.3 Å². The largest absolute Gasteiger partial charge is 0.490 e. The maximum atomic E-state index is 11.2. The van der Waals surface area contributed by atoms with Crippen LogP contribution >= 0.6 is 0 Å². The van der Waals surface area contributed by atoms with E-state index < -0.39 is 10.0 Å². The van der Waals surface area contributed by atoms with Crippen LogP contribution in [-0.2, 0) is 14.8 Å². The number of hydrogen-bond donors (Lipinski definition) is 1. The molecule has 0 radical (unpaired) electrons. The first-order valence-corrected chi connectivity index (χ1v) is 8.53. The van der Waals surface area contributed by atoms with Gasteiger partial charge in [0.15, 0.2) is 0 Å². The molecule has 0 unspecified atom stereocenters. The summed E-state index contributed by atoms with van der Waals surface area (Å²) in [6, 6.07) is 8.11. The minimum Gasteiger partial charge on any atom is -0.490 e. The topological polar surface area (TPSA) is 58.6 Å². The summed E-state index contributed by atoms with van der Waals surface area (Å²) >= 11 is 0. The van der Waals surface area contributed by atoms with Crippen LogP contribution in [0, 0.1) is 0 Å². The average molecular weight is 294 g/mol. The fourth-order valence-corrected chi connectivity index (χ4v) is 3.37. The lowest BCUT2D eigenvalue weighted by atomic mass is 9.89. The zero-order chi connectivity index (χ0) is 14.2. The van der Waals surface area contributed by atoms with Crippen LogP contribution in [0.2, 0.25) is 0 Å². The lowest BCUT2D eigenvalue weighted by molar-refractivity contribution is 0.0283. The summed E-state index contributed by atoms with van der Waals surface area (Å²) in [6.07, 6.45) is 6.68. The van der Waals surface area contributed by atoms with Crippen LogP contribution in [0.1, 0.15) is 12.8 Å². The third kappa shape index (κ3) is 2.87. The molecule has 6 heteroatoms. The minimum absolute atomic E-state index is 0.302. The number of nitrogens with one attached hydrogen (secondary N) is 1. The van der Waals surface area contributed by atoms with Gasteiger partial charge >= 0.3 is 0 Å². The second-order valence-corrected chi connectivity index (χ2v) is 7.15. The van der Waals surface area contributed by atoms with Gasteiger partial charge in [-0.15, -0.1) is 4.83 Å². The highest BCUT2D eigenvalue weighted by atomic mass is 32.2. The van der Waals surface area contributed by atoms with Gasteiger partial charge in [-0.1, -0.05) is 24.3 Å². The van der Waals surface area contributed by atoms with E-state index in [-0.39, 0.29) is 5.60 Å². The van der Waals surface area contributed by atoms with Crippen LogP contribution in [0.15, 0.2) is 24.3 Å². The van der Waals surface area contributed by atoms with E-state index in [9.17, 15) is 8.42 Å². The van der Waals surface area contributed by atoms with E-state index in [2.05, 4.69) is 17.0 Å². The molecule has 0 atom stereocenters. The Hall–Kier alpha value is -1.37. The summed E-state index contributed by atoms with van der Waals surface area (Å²) < 4.78 is 28.4. The maximum absolute atomic E-state index is 11.2. The van der Waals surface area contributed by atoms with Crippen LogP contribution in [0.3, 0.4) is 0 Å². The van der Waals surface area contributed by atoms with Gasteiger partial charge in [0.1, 0.15) is 5.60 Å². The molecule has 1 N–H and O–H groups in total. The van der Waals surface area contributed by atoms with Crippen molar-refractivity contribution in [2.24, 2.45) is 0 Å². The van der Waals surface area contributed by atoms with Gasteiger partial charge < -0.3 is 4.74 Å². The van der Waals surface area contributed by atoms with Crippen molar-refractivity contribution in [3.63, 3.8) is 0 Å². The number of nitrogens with zero attached hydrogens (tertiary/aromatic N) is 1. The summed E-state index contributed by atoms with van der Waals surface area (Å²) in [6.45, 7) is 1.28. The number of benzene rings is 1. The van der Waals surface area contributed by atoms with E-state index >= 15 is 0 Å². The highest BCUT2D eigenvalue weighted by Gasteiger charge is 2.35. The minimum atomic E-state index is -3.20. The van der Waals surface area contributed by atoms with Gasteiger partial charge in [0.05, 0.1) is 12.5 Å². The number of hydrazine groups is 1. The summed E-state index contributed by atoms with van der Waals surface area (Å²) in [5.74, 6) is 0. The molecular formula is C14H18N2O3S. The number of piperidine rings is 1. The van der Waals surface area contributed by atoms with Crippen molar-refractivity contribution in [1.82, 2.24) is 9.84 Å². The molecule has 1 spiro atoms. The predicted octanol–water partition coefficient (Wildman–Crippen LogP) is -0.466. The molecule has 2 aliphatic rings. The van der Waals surface area contributed by atoms with Crippen molar-refractivity contribution in [2.75, 3.05) is 19.3 Å². The van der Waals surface area contributed by atoms with Crippen molar-refractivity contribution >= 4 is 22.4 Å². The van der Waals surface area contributed by atoms with E-state index in [1.165, 1.54) is 11.5 Å². The molecule has 108 valence electrons. The second kappa shape index (κ2) is 4.87. The Balaban J connectivity index is 1.77. The Morgan fingerprint density at radius 3 is 2.50 bits per heavy atom. The standard InChI is InChI=1S/C14H18N2O3S/c1-20(17,18)15-16-8-6-14(7-9-16)10-12-4-2-3-5-13(12)11-19-14/h2-5,10-11,15H,6-9H2,1H3. The predicted molar refractivity (Wildman–Crippen MR) is 77.2 cm³/mol. The number of hydrogen-bond acceptors (Lipinski definition) is 4. The summed E-state index contributed by atoms with van der Waals surface area (Å²) in [4.78, 5) is 2.53. The Labute approximate surface area is 118 Å². The Kier molecular flexibility index (Phi) is 3.32. The molecule has 0 bridgehead atoms. The van der Waals surface area contributed by atoms with Crippen molar-refractivity contribution < 1.29 is 13.2 Å². The smallest absolute Gasteiger partial charge is 0.221 e. The molecule has 2 aliphatic heterocycles. The molecule has 2 heterocycles. The van der Waals surface area contributed by atoms with Crippen molar-refractivity contribution in [3.8, 4) is 0 Å². The molecule has 0 saturated carbocycles. The Bertz CT molecular complexity index is 719. The molecule has 1 fully saturated rings. The number of ether oxygens (including phenoxy) is 1. The zero-order valence-corrected chi connectivity index (χ0v) is 12.2. The summed E-state index contributed by atoms with van der Waals surface area (Å²) in [5.41, 5.74) is -0.302. The van der Waals surface area contributed by atoms with E-state index in [4.69, 9.17) is 4.74 Å². The average Bonchev–Trinajstić information content (AvgIpc) is 2.40. The van der Waals surface area contributed by atoms with E-state index in [1.807, 2.05) is 24.5 Å². The maximum Gasteiger partial charge on any atom is 0.221 e. The fourth-order valence-electron chi connectivity index (χ4n) is 2.72. The second-order valence-electron chi connectivity index (χ2n) is 5.42. The molecule has 3 rings (SSSR count). The van der Waals surface area contributed by atoms with E-state index in [1.54, 1.807) is 5.01 Å². The normalized spacial score (nSPS) is 21.4. The van der Waals surface area contributed by atoms with Gasteiger partial charge in [-0.05, 0) is 11.3 Å². The van der Waals surface area contributed by atoms with Crippen molar-refractivity contribution in [1.29, 1.82) is 0 Å². The Morgan fingerprint density at radius 2 is 1.85 bits per heavy atom. The fraction of sp³-hybridized carbons (Fsp3) is 0.429. The molecule has 1 aromatic rings. The van der Waals surface area contributed by atoms with Gasteiger partial charge in [-0.2, -0.15) is 0 Å². The monoisotopic (exact) mass is 294 g/mol. The van der Waals surface area contributed by atoms with E-state index in [0.29, 0.717) is 13.1 Å². The molecule has 20 heavy (non-hydrogen) atoms. The molecule has 1 aromatic carbocycles. The van der Waals surface area contributed by atoms with Crippen molar-refractivity contribution in [3.05, 3.63) is 34.7 Å². The third-order valence-electron chi connectivity index (χ3n) is 3.74. The first kappa shape index (κ1) is 13.6. The van der Waals surface area contributed by atoms with Gasteiger partial charge in [-0.3, -0.25) is 0 Å². The first-order chi connectivity index (χ1) is 9.46. The molecular weight excluding hydrogens is 276 g/mol. The van der Waals surface area contributed by atoms with Gasteiger partial charge in [-0.25, -0.2) is 13.4 Å². The molecule has 1 saturated heterocycles. The Morgan fingerprint density at radius 1 is 1.20 bits per heavy atom. The molecule has 0 aromatic heterocycles. The molecule has 0 aliphatic carbocycles. The number of sulfonamides is 1. The van der Waals surface area contributed by atoms with Gasteiger partial charge in [0.25, 0.3) is 0 Å². The van der Waals surface area contributed by atoms with Crippen LogP contribution in [0.4, 0.5) is 0 Å². The van der Waals surface area contributed by atoms with E-state index in [0.717, 1.165) is 18.1 Å². The molecule has 0 amide bonds. The summed E-state index contributed by atoms with van der Waals surface area (Å²) in [5, 5.41) is 4.01. The lowest BCUT2D eigenvalue weighted by Gasteiger charge is -2.39. The van der Waals surface area contributed by atoms with Crippen LogP contribution < -0.4 is 15.3 Å². The van der Waals surface area contributed by atoms with Gasteiger partial charge in [0, 0.05) is 31.1 Å². The van der Waals surface area contributed by atoms with Crippen LogP contribution in [0.5, 0.6) is 0 Å². The molecule has 5 nitrogen and oxygen atoms in total. The summed E-state index contributed by atoms with van der Waals surface area (Å²) in [7, 11) is -3.20. The third-order valence-corrected chi connectivity index (χ3v) is 4.33. The SMILES string of the molecule is CS(=O)(=O)NN1CCC2(C=c3ccccc3=CO2)CC1. The number of fused-ring (bicyclic) bond motifs is 1. The lowest BCUT2D eigenvalue weighted by Crippen LogP contribution is -2.52. The quantitative estimate of drug-likeness (QED) is 0.801. The van der Waals surface area contributed by atoms with Gasteiger partial charge in [0.2, 0.25) is 10.0 Å². The zero-order valence-electron chi connectivity index (χ0n) is 11.4. The van der Waals surface area contributed by atoms with Crippen molar-refractivity contribution in [2.45, 2.75) is 18.4 Å². The highest BCUT2D eigenvalue weighted by molar-refractivity contribution is 7.88.